The maximum atomic E-state index is 11.6. The van der Waals surface area contributed by atoms with E-state index in [0.717, 1.165) is 5.56 Å². The third-order valence-electron chi connectivity index (χ3n) is 2.65. The standard InChI is InChI=1S/C14H16N4O2/c1-2-7-15-9-14(20)16-11-5-3-10(4-6-11)12-8-13(19)18-17-12/h2-6,8,15H,1,7,9H2,(H,16,20)(H2,17,18,19). The Balaban J connectivity index is 1.96. The second kappa shape index (κ2) is 6.53. The fraction of sp³-hybridized carbons (Fsp3) is 0.143. The molecule has 6 heteroatoms. The van der Waals surface area contributed by atoms with Gasteiger partial charge in [0.1, 0.15) is 0 Å². The van der Waals surface area contributed by atoms with Crippen LogP contribution in [-0.4, -0.2) is 29.2 Å². The van der Waals surface area contributed by atoms with E-state index in [0.29, 0.717) is 17.9 Å². The van der Waals surface area contributed by atoms with Crippen molar-refractivity contribution >= 4 is 11.6 Å². The first-order valence-electron chi connectivity index (χ1n) is 6.18. The van der Waals surface area contributed by atoms with Crippen LogP contribution in [0, 0.1) is 0 Å². The molecule has 4 N–H and O–H groups in total. The molecule has 0 saturated carbocycles. The van der Waals surface area contributed by atoms with Crippen LogP contribution in [0.1, 0.15) is 0 Å². The van der Waals surface area contributed by atoms with Crippen LogP contribution in [0.3, 0.4) is 0 Å². The lowest BCUT2D eigenvalue weighted by molar-refractivity contribution is -0.115. The summed E-state index contributed by atoms with van der Waals surface area (Å²) in [6.07, 6.45) is 1.69. The van der Waals surface area contributed by atoms with E-state index in [2.05, 4.69) is 27.4 Å². The van der Waals surface area contributed by atoms with E-state index >= 15 is 0 Å². The Kier molecular flexibility index (Phi) is 4.52. The molecule has 0 atom stereocenters. The van der Waals surface area contributed by atoms with E-state index in [1.807, 2.05) is 12.1 Å². The van der Waals surface area contributed by atoms with Crippen LogP contribution in [0.4, 0.5) is 5.69 Å². The lowest BCUT2D eigenvalue weighted by atomic mass is 10.1. The van der Waals surface area contributed by atoms with E-state index < -0.39 is 0 Å². The molecular formula is C14H16N4O2. The average Bonchev–Trinajstić information content (AvgIpc) is 2.86. The van der Waals surface area contributed by atoms with Crippen LogP contribution >= 0.6 is 0 Å². The van der Waals surface area contributed by atoms with E-state index in [9.17, 15) is 9.59 Å². The van der Waals surface area contributed by atoms with Crippen LogP contribution < -0.4 is 16.2 Å². The number of benzene rings is 1. The molecule has 0 saturated heterocycles. The summed E-state index contributed by atoms with van der Waals surface area (Å²) in [5.41, 5.74) is 2.11. The van der Waals surface area contributed by atoms with Gasteiger partial charge in [-0.15, -0.1) is 6.58 Å². The van der Waals surface area contributed by atoms with Gasteiger partial charge in [-0.25, -0.2) is 0 Å². The van der Waals surface area contributed by atoms with Crippen molar-refractivity contribution in [3.8, 4) is 11.3 Å². The second-order valence-corrected chi connectivity index (χ2v) is 4.22. The number of hydrogen-bond acceptors (Lipinski definition) is 3. The van der Waals surface area contributed by atoms with Gasteiger partial charge in [0.2, 0.25) is 5.91 Å². The van der Waals surface area contributed by atoms with Crippen molar-refractivity contribution in [2.75, 3.05) is 18.4 Å². The van der Waals surface area contributed by atoms with Crippen molar-refractivity contribution < 1.29 is 4.79 Å². The molecule has 0 aliphatic heterocycles. The topological polar surface area (TPSA) is 89.8 Å². The maximum absolute atomic E-state index is 11.6. The first kappa shape index (κ1) is 13.8. The minimum atomic E-state index is -0.175. The molecule has 2 rings (SSSR count). The minimum Gasteiger partial charge on any atom is -0.325 e. The normalized spacial score (nSPS) is 10.2. The van der Waals surface area contributed by atoms with E-state index in [1.165, 1.54) is 6.07 Å². The summed E-state index contributed by atoms with van der Waals surface area (Å²) in [7, 11) is 0. The van der Waals surface area contributed by atoms with E-state index in [1.54, 1.807) is 18.2 Å². The van der Waals surface area contributed by atoms with E-state index in [-0.39, 0.29) is 18.0 Å². The van der Waals surface area contributed by atoms with Crippen molar-refractivity contribution in [1.29, 1.82) is 0 Å². The quantitative estimate of drug-likeness (QED) is 0.468. The molecule has 1 amide bonds. The highest BCUT2D eigenvalue weighted by Crippen LogP contribution is 2.17. The first-order chi connectivity index (χ1) is 9.69. The van der Waals surface area contributed by atoms with E-state index in [4.69, 9.17) is 0 Å². The van der Waals surface area contributed by atoms with Gasteiger partial charge in [-0.3, -0.25) is 19.8 Å². The Labute approximate surface area is 115 Å². The number of H-pyrrole nitrogens is 2. The fourth-order valence-electron chi connectivity index (χ4n) is 1.71. The smallest absolute Gasteiger partial charge is 0.264 e. The Hall–Kier alpha value is -2.60. The van der Waals surface area contributed by atoms with Crippen molar-refractivity contribution in [1.82, 2.24) is 15.5 Å². The molecule has 0 radical (unpaired) electrons. The summed E-state index contributed by atoms with van der Waals surface area (Å²) in [4.78, 5) is 22.6. The fourth-order valence-corrected chi connectivity index (χ4v) is 1.71. The molecule has 104 valence electrons. The average molecular weight is 272 g/mol. The van der Waals surface area contributed by atoms with Gasteiger partial charge in [0.05, 0.1) is 12.2 Å². The monoisotopic (exact) mass is 272 g/mol. The highest BCUT2D eigenvalue weighted by molar-refractivity contribution is 5.92. The summed E-state index contributed by atoms with van der Waals surface area (Å²) in [5, 5.41) is 10.9. The molecule has 0 fully saturated rings. The van der Waals surface area contributed by atoms with Crippen molar-refractivity contribution in [2.24, 2.45) is 0 Å². The number of carbonyl (C=O) groups is 1. The Morgan fingerprint density at radius 1 is 1.25 bits per heavy atom. The molecule has 20 heavy (non-hydrogen) atoms. The van der Waals surface area contributed by atoms with Crippen molar-refractivity contribution in [3.63, 3.8) is 0 Å². The van der Waals surface area contributed by atoms with Crippen LogP contribution in [-0.2, 0) is 4.79 Å². The molecular weight excluding hydrogens is 256 g/mol. The third kappa shape index (κ3) is 3.69. The number of carbonyl (C=O) groups excluding carboxylic acids is 1. The maximum Gasteiger partial charge on any atom is 0.264 e. The van der Waals surface area contributed by atoms with Gasteiger partial charge in [-0.05, 0) is 17.7 Å². The number of aromatic amines is 2. The number of aromatic nitrogens is 2. The van der Waals surface area contributed by atoms with Crippen LogP contribution in [0.2, 0.25) is 0 Å². The number of hydrogen-bond donors (Lipinski definition) is 4. The number of amides is 1. The van der Waals surface area contributed by atoms with Crippen molar-refractivity contribution in [3.05, 3.63) is 53.3 Å². The van der Waals surface area contributed by atoms with Gasteiger partial charge in [-0.2, -0.15) is 0 Å². The molecule has 0 aliphatic carbocycles. The molecule has 6 nitrogen and oxygen atoms in total. The van der Waals surface area contributed by atoms with Crippen LogP contribution in [0.25, 0.3) is 11.3 Å². The Bertz CT molecular complexity index is 640. The highest BCUT2D eigenvalue weighted by Gasteiger charge is 2.03. The van der Waals surface area contributed by atoms with Gasteiger partial charge in [0.25, 0.3) is 5.56 Å². The highest BCUT2D eigenvalue weighted by atomic mass is 16.2. The molecule has 2 aromatic rings. The Morgan fingerprint density at radius 3 is 2.60 bits per heavy atom. The predicted octanol–water partition coefficient (Wildman–Crippen LogP) is 1.08. The molecule has 0 spiro atoms. The van der Waals surface area contributed by atoms with Crippen molar-refractivity contribution in [2.45, 2.75) is 0 Å². The molecule has 1 heterocycles. The first-order valence-corrected chi connectivity index (χ1v) is 6.18. The molecule has 0 unspecified atom stereocenters. The Morgan fingerprint density at radius 2 is 2.00 bits per heavy atom. The number of anilines is 1. The summed E-state index contributed by atoms with van der Waals surface area (Å²) >= 11 is 0. The van der Waals surface area contributed by atoms with Gasteiger partial charge in [0, 0.05) is 18.3 Å². The van der Waals surface area contributed by atoms with Crippen LogP contribution in [0.15, 0.2) is 47.8 Å². The molecule has 1 aromatic heterocycles. The van der Waals surface area contributed by atoms with Gasteiger partial charge >= 0.3 is 0 Å². The molecule has 1 aromatic carbocycles. The van der Waals surface area contributed by atoms with Gasteiger partial charge in [-0.1, -0.05) is 18.2 Å². The predicted molar refractivity (Wildman–Crippen MR) is 78.5 cm³/mol. The zero-order valence-electron chi connectivity index (χ0n) is 10.9. The summed E-state index contributed by atoms with van der Waals surface area (Å²) in [5.74, 6) is -0.116. The SMILES string of the molecule is C=CCNCC(=O)Nc1ccc(-c2cc(=O)[nH][nH]2)cc1. The third-order valence-corrected chi connectivity index (χ3v) is 2.65. The molecule has 0 bridgehead atoms. The minimum absolute atomic E-state index is 0.116. The number of nitrogens with one attached hydrogen (secondary N) is 4. The summed E-state index contributed by atoms with van der Waals surface area (Å²) in [6, 6.07) is 8.70. The lowest BCUT2D eigenvalue weighted by Gasteiger charge is -2.06. The van der Waals surface area contributed by atoms with Gasteiger partial charge < -0.3 is 10.6 Å². The number of rotatable bonds is 6. The lowest BCUT2D eigenvalue weighted by Crippen LogP contribution is -2.27. The summed E-state index contributed by atoms with van der Waals surface area (Å²) in [6.45, 7) is 4.39. The zero-order chi connectivity index (χ0) is 14.4. The summed E-state index contributed by atoms with van der Waals surface area (Å²) < 4.78 is 0. The largest absolute Gasteiger partial charge is 0.325 e. The van der Waals surface area contributed by atoms with Gasteiger partial charge in [0.15, 0.2) is 0 Å². The molecule has 0 aliphatic rings. The van der Waals surface area contributed by atoms with Crippen LogP contribution in [0.5, 0.6) is 0 Å². The zero-order valence-corrected chi connectivity index (χ0v) is 10.9. The second-order valence-electron chi connectivity index (χ2n) is 4.22.